The highest BCUT2D eigenvalue weighted by molar-refractivity contribution is 7.12. The van der Waals surface area contributed by atoms with Gasteiger partial charge in [0.05, 0.1) is 23.0 Å². The lowest BCUT2D eigenvalue weighted by molar-refractivity contribution is 0.250. The minimum Gasteiger partial charge on any atom is -0.487 e. The molecule has 1 aromatic carbocycles. The molecule has 2 aliphatic rings. The molecule has 0 radical (unpaired) electrons. The smallest absolute Gasteiger partial charge is 0.271 e. The van der Waals surface area contributed by atoms with Crippen molar-refractivity contribution >= 4 is 38.3 Å². The van der Waals surface area contributed by atoms with E-state index in [9.17, 15) is 14.5 Å². The van der Waals surface area contributed by atoms with Gasteiger partial charge in [0.1, 0.15) is 22.5 Å². The topological polar surface area (TPSA) is 96.8 Å². The monoisotopic (exact) mass is 404 g/mol. The third-order valence-corrected chi connectivity index (χ3v) is 6.52. The molecule has 146 valence electrons. The molecule has 0 amide bonds. The summed E-state index contributed by atoms with van der Waals surface area (Å²) in [6.45, 7) is 3.19. The fourth-order valence-corrected chi connectivity index (χ4v) is 5.19. The molecule has 5 rings (SSSR count). The number of ether oxygens (including phenoxy) is 1. The van der Waals surface area contributed by atoms with E-state index < -0.39 is 16.8 Å². The summed E-state index contributed by atoms with van der Waals surface area (Å²) in [5, 5.41) is 3.29. The zero-order valence-corrected chi connectivity index (χ0v) is 15.8. The quantitative estimate of drug-likeness (QED) is 0.663. The number of nitrogens with zero attached hydrogens (tertiary/aromatic N) is 3. The van der Waals surface area contributed by atoms with Gasteiger partial charge in [0.2, 0.25) is 5.43 Å². The fraction of sp³-hybridized carbons (Fsp3) is 0.444. The molecule has 0 spiro atoms. The van der Waals surface area contributed by atoms with E-state index in [4.69, 9.17) is 4.74 Å². The summed E-state index contributed by atoms with van der Waals surface area (Å²) in [7, 11) is 0. The summed E-state index contributed by atoms with van der Waals surface area (Å²) >= 11 is 1.10. The number of aromatic nitrogens is 2. The average Bonchev–Trinajstić information content (AvgIpc) is 3.08. The van der Waals surface area contributed by atoms with Gasteiger partial charge in [-0.05, 0) is 37.4 Å². The summed E-state index contributed by atoms with van der Waals surface area (Å²) in [6.07, 6.45) is 1.09. The van der Waals surface area contributed by atoms with Crippen LogP contribution in [0.1, 0.15) is 25.8 Å². The van der Waals surface area contributed by atoms with Crippen molar-refractivity contribution in [1.29, 1.82) is 0 Å². The molecule has 2 aromatic heterocycles. The second-order valence-electron chi connectivity index (χ2n) is 7.33. The number of halogens is 1. The van der Waals surface area contributed by atoms with Gasteiger partial charge in [-0.25, -0.2) is 4.39 Å². The number of rotatable bonds is 2. The van der Waals surface area contributed by atoms with Gasteiger partial charge >= 0.3 is 0 Å². The zero-order valence-electron chi connectivity index (χ0n) is 15.0. The normalized spacial score (nSPS) is 19.9. The van der Waals surface area contributed by atoms with E-state index in [-0.39, 0.29) is 22.9 Å². The van der Waals surface area contributed by atoms with Crippen molar-refractivity contribution in [3.63, 3.8) is 0 Å². The van der Waals surface area contributed by atoms with Crippen molar-refractivity contribution in [2.75, 3.05) is 24.6 Å². The molecule has 0 bridgehead atoms. The number of aromatic amines is 1. The first-order valence-corrected chi connectivity index (χ1v) is 9.95. The molecular formula is C18H17FN4O4S. The van der Waals surface area contributed by atoms with Gasteiger partial charge in [-0.3, -0.25) is 14.0 Å². The van der Waals surface area contributed by atoms with Crippen LogP contribution in [0.15, 0.2) is 20.8 Å². The van der Waals surface area contributed by atoms with Crippen LogP contribution in [0.5, 0.6) is 5.75 Å². The number of hydrogen-bond acceptors (Lipinski definition) is 7. The molecule has 1 saturated heterocycles. The van der Waals surface area contributed by atoms with Crippen LogP contribution < -0.4 is 20.6 Å². The Labute approximate surface area is 161 Å². The van der Waals surface area contributed by atoms with Gasteiger partial charge in [-0.2, -0.15) is 4.91 Å². The lowest BCUT2D eigenvalue weighted by Gasteiger charge is -2.35. The van der Waals surface area contributed by atoms with Gasteiger partial charge in [0.15, 0.2) is 11.6 Å². The highest BCUT2D eigenvalue weighted by Crippen LogP contribution is 2.43. The SMILES string of the molecule is C[C@H]1COc2c(N3CCC(N=O)CC3)c(F)cc3c(=O)c4c(=O)[nH]sc4n1c23. The van der Waals surface area contributed by atoms with Crippen molar-refractivity contribution in [2.45, 2.75) is 31.8 Å². The second kappa shape index (κ2) is 6.13. The van der Waals surface area contributed by atoms with Crippen LogP contribution in [0.2, 0.25) is 0 Å². The molecule has 1 fully saturated rings. The molecule has 1 atom stereocenters. The number of hydrogen-bond donors (Lipinski definition) is 1. The molecule has 0 unspecified atom stereocenters. The first kappa shape index (κ1) is 17.4. The van der Waals surface area contributed by atoms with Gasteiger partial charge in [-0.15, -0.1) is 0 Å². The number of anilines is 1. The third-order valence-electron chi connectivity index (χ3n) is 5.63. The van der Waals surface area contributed by atoms with Gasteiger partial charge < -0.3 is 14.2 Å². The molecule has 28 heavy (non-hydrogen) atoms. The standard InChI is InChI=1S/C18H17FN4O4S/c1-8-7-27-16-13-10(15(24)12-17(25)21-28-18(12)23(8)13)6-11(19)14(16)22-4-2-9(20-26)3-5-22/h6,8-9H,2-5,7H2,1H3,(H,21,25)/t8-/m0/s1. The molecule has 4 heterocycles. The molecule has 0 aliphatic carbocycles. The zero-order chi connectivity index (χ0) is 19.6. The minimum atomic E-state index is -0.566. The number of H-pyrrole nitrogens is 1. The lowest BCUT2D eigenvalue weighted by Crippen LogP contribution is -2.36. The molecule has 0 saturated carbocycles. The van der Waals surface area contributed by atoms with Crippen LogP contribution in [0.4, 0.5) is 10.1 Å². The Kier molecular flexibility index (Phi) is 3.80. The Balaban J connectivity index is 1.83. The van der Waals surface area contributed by atoms with E-state index >= 15 is 4.39 Å². The Morgan fingerprint density at radius 3 is 2.79 bits per heavy atom. The number of pyridine rings is 1. The number of piperidine rings is 1. The van der Waals surface area contributed by atoms with Gasteiger partial charge in [-0.1, -0.05) is 5.18 Å². The Bertz CT molecular complexity index is 1240. The predicted octanol–water partition coefficient (Wildman–Crippen LogP) is 2.73. The Hall–Kier alpha value is -2.75. The number of fused-ring (bicyclic) bond motifs is 2. The van der Waals surface area contributed by atoms with Crippen LogP contribution in [0.3, 0.4) is 0 Å². The first-order valence-electron chi connectivity index (χ1n) is 9.13. The number of nitroso groups, excluding NO2 is 1. The van der Waals surface area contributed by atoms with E-state index in [0.717, 1.165) is 11.5 Å². The van der Waals surface area contributed by atoms with Crippen molar-refractivity contribution in [3.8, 4) is 5.75 Å². The van der Waals surface area contributed by atoms with Crippen LogP contribution in [-0.2, 0) is 0 Å². The van der Waals surface area contributed by atoms with Crippen molar-refractivity contribution in [1.82, 2.24) is 8.94 Å². The number of nitrogens with one attached hydrogen (secondary N) is 1. The molecule has 8 nitrogen and oxygen atoms in total. The molecular weight excluding hydrogens is 387 g/mol. The highest BCUT2D eigenvalue weighted by atomic mass is 32.1. The van der Waals surface area contributed by atoms with E-state index in [1.54, 1.807) is 0 Å². The molecule has 2 aliphatic heterocycles. The van der Waals surface area contributed by atoms with Crippen LogP contribution in [0, 0.1) is 10.7 Å². The molecule has 1 N–H and O–H groups in total. The maximum atomic E-state index is 15.2. The average molecular weight is 404 g/mol. The fourth-order valence-electron chi connectivity index (χ4n) is 4.24. The molecule has 3 aromatic rings. The lowest BCUT2D eigenvalue weighted by atomic mass is 10.0. The van der Waals surface area contributed by atoms with E-state index in [1.165, 1.54) is 6.07 Å². The second-order valence-corrected chi connectivity index (χ2v) is 8.12. The van der Waals surface area contributed by atoms with E-state index in [0.29, 0.717) is 54.3 Å². The summed E-state index contributed by atoms with van der Waals surface area (Å²) in [5.41, 5.74) is -0.126. The largest absolute Gasteiger partial charge is 0.487 e. The van der Waals surface area contributed by atoms with Crippen LogP contribution in [0.25, 0.3) is 21.1 Å². The third kappa shape index (κ3) is 2.27. The van der Waals surface area contributed by atoms with E-state index in [2.05, 4.69) is 9.55 Å². The Morgan fingerprint density at radius 1 is 1.32 bits per heavy atom. The van der Waals surface area contributed by atoms with E-state index in [1.807, 2.05) is 16.4 Å². The van der Waals surface area contributed by atoms with Crippen LogP contribution >= 0.6 is 11.5 Å². The van der Waals surface area contributed by atoms with Gasteiger partial charge in [0.25, 0.3) is 5.56 Å². The summed E-state index contributed by atoms with van der Waals surface area (Å²) < 4.78 is 25.6. The maximum Gasteiger partial charge on any atom is 0.271 e. The van der Waals surface area contributed by atoms with Crippen molar-refractivity contribution in [3.05, 3.63) is 37.4 Å². The predicted molar refractivity (Wildman–Crippen MR) is 105 cm³/mol. The molecule has 10 heteroatoms. The minimum absolute atomic E-state index is 0.0576. The van der Waals surface area contributed by atoms with Crippen LogP contribution in [-0.4, -0.2) is 34.7 Å². The highest BCUT2D eigenvalue weighted by Gasteiger charge is 2.32. The summed E-state index contributed by atoms with van der Waals surface area (Å²) in [5.74, 6) is -0.241. The maximum absolute atomic E-state index is 15.2. The van der Waals surface area contributed by atoms with Crippen molar-refractivity contribution < 1.29 is 9.13 Å². The van der Waals surface area contributed by atoms with Crippen molar-refractivity contribution in [2.24, 2.45) is 5.18 Å². The number of benzene rings is 1. The van der Waals surface area contributed by atoms with Gasteiger partial charge in [0, 0.05) is 13.1 Å². The summed E-state index contributed by atoms with van der Waals surface area (Å²) in [4.78, 5) is 38.3. The summed E-state index contributed by atoms with van der Waals surface area (Å²) in [6, 6.07) is 0.828. The first-order chi connectivity index (χ1) is 13.5. The Morgan fingerprint density at radius 2 is 2.07 bits per heavy atom.